The lowest BCUT2D eigenvalue weighted by molar-refractivity contribution is 0.356. The van der Waals surface area contributed by atoms with Gasteiger partial charge in [-0.1, -0.05) is 19.1 Å². The van der Waals surface area contributed by atoms with Crippen LogP contribution in [0.15, 0.2) is 36.4 Å². The first kappa shape index (κ1) is 17.5. The maximum Gasteiger partial charge on any atom is 0.222 e. The highest BCUT2D eigenvalue weighted by Crippen LogP contribution is 2.35. The fourth-order valence-corrected chi connectivity index (χ4v) is 2.69. The van der Waals surface area contributed by atoms with Crippen LogP contribution in [0.3, 0.4) is 0 Å². The molecule has 0 aliphatic heterocycles. The van der Waals surface area contributed by atoms with Crippen LogP contribution in [0.5, 0.6) is 11.5 Å². The summed E-state index contributed by atoms with van der Waals surface area (Å²) in [4.78, 5) is 8.61. The van der Waals surface area contributed by atoms with Gasteiger partial charge in [-0.25, -0.2) is 4.98 Å². The van der Waals surface area contributed by atoms with E-state index in [1.54, 1.807) is 20.3 Å². The van der Waals surface area contributed by atoms with Crippen molar-refractivity contribution in [1.82, 2.24) is 9.97 Å². The molecule has 134 valence electrons. The van der Waals surface area contributed by atoms with Gasteiger partial charge in [0.25, 0.3) is 0 Å². The van der Waals surface area contributed by atoms with Gasteiger partial charge >= 0.3 is 0 Å². The summed E-state index contributed by atoms with van der Waals surface area (Å²) in [5.41, 5.74) is 8.77. The van der Waals surface area contributed by atoms with E-state index in [0.29, 0.717) is 35.0 Å². The largest absolute Gasteiger partial charge is 0.493 e. The Labute approximate surface area is 151 Å². The van der Waals surface area contributed by atoms with Gasteiger partial charge in [-0.2, -0.15) is 4.98 Å². The predicted molar refractivity (Wildman–Crippen MR) is 104 cm³/mol. The van der Waals surface area contributed by atoms with E-state index in [1.165, 1.54) is 0 Å². The summed E-state index contributed by atoms with van der Waals surface area (Å²) >= 11 is 0. The summed E-state index contributed by atoms with van der Waals surface area (Å²) in [6.07, 6.45) is 0.670. The van der Waals surface area contributed by atoms with E-state index in [1.807, 2.05) is 37.3 Å². The Kier molecular flexibility index (Phi) is 4.88. The number of hydrogen-bond donors (Lipinski definition) is 3. The number of aromatic nitrogens is 2. The monoisotopic (exact) mass is 351 g/mol. The van der Waals surface area contributed by atoms with Gasteiger partial charge in [0, 0.05) is 22.9 Å². The van der Waals surface area contributed by atoms with Crippen molar-refractivity contribution in [2.24, 2.45) is 0 Å². The number of anilines is 3. The second kappa shape index (κ2) is 7.26. The van der Waals surface area contributed by atoms with Crippen LogP contribution in [-0.2, 0) is 0 Å². The van der Waals surface area contributed by atoms with Crippen molar-refractivity contribution in [3.05, 3.63) is 42.0 Å². The minimum atomic E-state index is 0.157. The molecule has 0 fully saturated rings. The number of fused-ring (bicyclic) bond motifs is 1. The molecule has 1 heterocycles. The van der Waals surface area contributed by atoms with Crippen molar-refractivity contribution in [3.63, 3.8) is 0 Å². The zero-order valence-electron chi connectivity index (χ0n) is 15.0. The molecular weight excluding hydrogens is 330 g/mol. The Morgan fingerprint density at radius 2 is 1.85 bits per heavy atom. The van der Waals surface area contributed by atoms with E-state index in [4.69, 9.17) is 20.6 Å². The highest BCUT2D eigenvalue weighted by Gasteiger charge is 2.13. The number of nitrogens with zero attached hydrogens (tertiary/aromatic N) is 2. The topological polar surface area (TPSA) is 106 Å². The van der Waals surface area contributed by atoms with Crippen molar-refractivity contribution >= 4 is 34.1 Å². The highest BCUT2D eigenvalue weighted by atomic mass is 16.5. The van der Waals surface area contributed by atoms with Crippen LogP contribution in [0.25, 0.3) is 10.9 Å². The van der Waals surface area contributed by atoms with Crippen LogP contribution in [0.4, 0.5) is 17.5 Å². The van der Waals surface area contributed by atoms with Crippen LogP contribution in [-0.4, -0.2) is 29.9 Å². The quantitative estimate of drug-likeness (QED) is 0.584. The van der Waals surface area contributed by atoms with Gasteiger partial charge in [-0.15, -0.1) is 0 Å². The second-order valence-electron chi connectivity index (χ2n) is 5.69. The van der Waals surface area contributed by atoms with Gasteiger partial charge in [0.1, 0.15) is 5.82 Å². The van der Waals surface area contributed by atoms with Crippen LogP contribution in [0, 0.1) is 5.41 Å². The fourth-order valence-electron chi connectivity index (χ4n) is 2.69. The Morgan fingerprint density at radius 1 is 1.12 bits per heavy atom. The maximum absolute atomic E-state index is 8.01. The zero-order chi connectivity index (χ0) is 18.7. The lowest BCUT2D eigenvalue weighted by Crippen LogP contribution is -2.03. The smallest absolute Gasteiger partial charge is 0.222 e. The van der Waals surface area contributed by atoms with E-state index in [0.717, 1.165) is 16.6 Å². The molecule has 3 aromatic rings. The molecule has 0 bridgehead atoms. The number of ether oxygens (including phenoxy) is 2. The Hall–Kier alpha value is -3.35. The summed E-state index contributed by atoms with van der Waals surface area (Å²) < 4.78 is 10.7. The van der Waals surface area contributed by atoms with E-state index < -0.39 is 0 Å². The van der Waals surface area contributed by atoms with Crippen molar-refractivity contribution in [3.8, 4) is 11.5 Å². The predicted octanol–water partition coefficient (Wildman–Crippen LogP) is 3.75. The SMILES string of the molecule is CCC(=N)c1cccc(Nc2nc(N)nc3cc(OC)c(OC)cc23)c1. The van der Waals surface area contributed by atoms with Crippen molar-refractivity contribution < 1.29 is 9.47 Å². The van der Waals surface area contributed by atoms with Gasteiger partial charge in [0.15, 0.2) is 11.5 Å². The number of methoxy groups -OCH3 is 2. The molecule has 0 aliphatic carbocycles. The number of hydrogen-bond acceptors (Lipinski definition) is 7. The maximum atomic E-state index is 8.01. The molecule has 26 heavy (non-hydrogen) atoms. The molecule has 0 spiro atoms. The van der Waals surface area contributed by atoms with Crippen LogP contribution < -0.4 is 20.5 Å². The van der Waals surface area contributed by atoms with Gasteiger partial charge < -0.3 is 25.9 Å². The number of nitrogens with one attached hydrogen (secondary N) is 2. The summed E-state index contributed by atoms with van der Waals surface area (Å²) in [5, 5.41) is 12.0. The number of benzene rings is 2. The average Bonchev–Trinajstić information content (AvgIpc) is 2.66. The summed E-state index contributed by atoms with van der Waals surface area (Å²) in [6, 6.07) is 11.2. The summed E-state index contributed by atoms with van der Waals surface area (Å²) in [6.45, 7) is 1.96. The van der Waals surface area contributed by atoms with Crippen molar-refractivity contribution in [2.45, 2.75) is 13.3 Å². The van der Waals surface area contributed by atoms with Crippen molar-refractivity contribution in [1.29, 1.82) is 5.41 Å². The van der Waals surface area contributed by atoms with E-state index in [-0.39, 0.29) is 5.95 Å². The zero-order valence-corrected chi connectivity index (χ0v) is 15.0. The summed E-state index contributed by atoms with van der Waals surface area (Å²) in [7, 11) is 3.15. The molecular formula is C19H21N5O2. The fraction of sp³-hybridized carbons (Fsp3) is 0.211. The Morgan fingerprint density at radius 3 is 2.54 bits per heavy atom. The molecule has 0 atom stereocenters. The third-order valence-electron chi connectivity index (χ3n) is 4.05. The molecule has 0 saturated heterocycles. The molecule has 7 nitrogen and oxygen atoms in total. The first-order valence-electron chi connectivity index (χ1n) is 8.19. The molecule has 3 rings (SSSR count). The van der Waals surface area contributed by atoms with Gasteiger partial charge in [-0.05, 0) is 30.2 Å². The first-order chi connectivity index (χ1) is 12.5. The number of rotatable bonds is 6. The van der Waals surface area contributed by atoms with E-state index in [2.05, 4.69) is 15.3 Å². The molecule has 2 aromatic carbocycles. The Bertz CT molecular complexity index is 972. The highest BCUT2D eigenvalue weighted by molar-refractivity contribution is 5.99. The van der Waals surface area contributed by atoms with E-state index >= 15 is 0 Å². The molecule has 0 radical (unpaired) electrons. The number of nitrogens with two attached hydrogens (primary N) is 1. The number of nitrogen functional groups attached to an aromatic ring is 1. The average molecular weight is 351 g/mol. The van der Waals surface area contributed by atoms with E-state index in [9.17, 15) is 0 Å². The molecule has 0 saturated carbocycles. The Balaban J connectivity index is 2.08. The standard InChI is InChI=1S/C19H21N5O2/c1-4-14(20)11-6-5-7-12(8-11)22-18-13-9-16(25-2)17(26-3)10-15(13)23-19(21)24-18/h5-10,20H,4H2,1-3H3,(H3,21,22,23,24). The van der Waals surface area contributed by atoms with Crippen molar-refractivity contribution in [2.75, 3.05) is 25.3 Å². The van der Waals surface area contributed by atoms with Gasteiger partial charge in [0.05, 0.1) is 19.7 Å². The summed E-state index contributed by atoms with van der Waals surface area (Å²) in [5.74, 6) is 1.87. The normalized spacial score (nSPS) is 10.6. The minimum absolute atomic E-state index is 0.157. The van der Waals surface area contributed by atoms with Crippen LogP contribution in [0.1, 0.15) is 18.9 Å². The first-order valence-corrected chi connectivity index (χ1v) is 8.19. The third kappa shape index (κ3) is 3.37. The second-order valence-corrected chi connectivity index (χ2v) is 5.69. The molecule has 4 N–H and O–H groups in total. The lowest BCUT2D eigenvalue weighted by atomic mass is 10.1. The molecule has 1 aromatic heterocycles. The van der Waals surface area contributed by atoms with Crippen LogP contribution in [0.2, 0.25) is 0 Å². The third-order valence-corrected chi connectivity index (χ3v) is 4.05. The molecule has 0 amide bonds. The molecule has 0 unspecified atom stereocenters. The van der Waals surface area contributed by atoms with Crippen LogP contribution >= 0.6 is 0 Å². The molecule has 7 heteroatoms. The van der Waals surface area contributed by atoms with Gasteiger partial charge in [-0.3, -0.25) is 0 Å². The lowest BCUT2D eigenvalue weighted by Gasteiger charge is -2.13. The molecule has 0 aliphatic rings. The van der Waals surface area contributed by atoms with Gasteiger partial charge in [0.2, 0.25) is 5.95 Å². The minimum Gasteiger partial charge on any atom is -0.493 e.